The maximum atomic E-state index is 11.4. The van der Waals surface area contributed by atoms with Crippen LogP contribution in [0.1, 0.15) is 17.7 Å². The van der Waals surface area contributed by atoms with Gasteiger partial charge >= 0.3 is 0 Å². The minimum Gasteiger partial charge on any atom is -0.378 e. The average Bonchev–Trinajstić information content (AvgIpc) is 2.85. The van der Waals surface area contributed by atoms with Crippen LogP contribution in [0.2, 0.25) is 0 Å². The zero-order valence-corrected chi connectivity index (χ0v) is 11.6. The van der Waals surface area contributed by atoms with Crippen molar-refractivity contribution in [2.45, 2.75) is 31.6 Å². The van der Waals surface area contributed by atoms with E-state index in [2.05, 4.69) is 10.00 Å². The fraction of sp³-hybridized carbons (Fsp3) is 0.727. The van der Waals surface area contributed by atoms with E-state index in [-0.39, 0.29) is 6.04 Å². The third-order valence-corrected chi connectivity index (χ3v) is 4.52. The van der Waals surface area contributed by atoms with Gasteiger partial charge in [0.2, 0.25) is 0 Å². The third-order valence-electron chi connectivity index (χ3n) is 3.66. The topological polar surface area (TPSA) is 90.5 Å². The maximum absolute atomic E-state index is 11.4. The predicted molar refractivity (Wildman–Crippen MR) is 68.9 cm³/mol. The van der Waals surface area contributed by atoms with E-state index in [1.807, 2.05) is 0 Å². The number of nitrogens with zero attached hydrogens (tertiary/aromatic N) is 3. The molecule has 1 aromatic heterocycles. The Morgan fingerprint density at radius 3 is 2.84 bits per heavy atom. The molecule has 0 aromatic carbocycles. The summed E-state index contributed by atoms with van der Waals surface area (Å²) in [5.41, 5.74) is 7.72. The molecular weight excluding hydrogens is 268 g/mol. The highest BCUT2D eigenvalue weighted by Gasteiger charge is 2.32. The van der Waals surface area contributed by atoms with Gasteiger partial charge in [0.15, 0.2) is 0 Å². The molecular formula is C11H18N4O3S. The lowest BCUT2D eigenvalue weighted by molar-refractivity contribution is 0.00507. The Kier molecular flexibility index (Phi) is 3.12. The van der Waals surface area contributed by atoms with Gasteiger partial charge in [-0.05, 0) is 6.42 Å². The molecule has 3 heterocycles. The minimum atomic E-state index is -3.29. The van der Waals surface area contributed by atoms with E-state index in [9.17, 15) is 8.42 Å². The number of rotatable bonds is 2. The highest BCUT2D eigenvalue weighted by molar-refractivity contribution is 7.89. The zero-order valence-electron chi connectivity index (χ0n) is 10.8. The zero-order chi connectivity index (χ0) is 13.6. The van der Waals surface area contributed by atoms with Gasteiger partial charge in [0.1, 0.15) is 0 Å². The first-order valence-electron chi connectivity index (χ1n) is 6.29. The van der Waals surface area contributed by atoms with Crippen molar-refractivity contribution in [1.82, 2.24) is 14.1 Å². The van der Waals surface area contributed by atoms with Crippen molar-refractivity contribution in [1.29, 1.82) is 0 Å². The molecule has 2 unspecified atom stereocenters. The summed E-state index contributed by atoms with van der Waals surface area (Å²) in [4.78, 5) is 2.25. The van der Waals surface area contributed by atoms with E-state index in [4.69, 9.17) is 10.5 Å². The second-order valence-electron chi connectivity index (χ2n) is 5.33. The fourth-order valence-corrected chi connectivity index (χ4v) is 3.24. The Bertz CT molecular complexity index is 559. The molecule has 0 bridgehead atoms. The highest BCUT2D eigenvalue weighted by atomic mass is 32.2. The van der Waals surface area contributed by atoms with Crippen molar-refractivity contribution in [3.8, 4) is 0 Å². The normalized spacial score (nSPS) is 28.5. The summed E-state index contributed by atoms with van der Waals surface area (Å²) < 4.78 is 29.4. The van der Waals surface area contributed by atoms with Crippen LogP contribution in [0, 0.1) is 0 Å². The van der Waals surface area contributed by atoms with E-state index in [1.165, 1.54) is 0 Å². The van der Waals surface area contributed by atoms with Crippen molar-refractivity contribution in [2.24, 2.45) is 5.73 Å². The lowest BCUT2D eigenvalue weighted by Crippen LogP contribution is -2.46. The first kappa shape index (κ1) is 13.0. The van der Waals surface area contributed by atoms with Gasteiger partial charge in [-0.15, -0.1) is 0 Å². The van der Waals surface area contributed by atoms with E-state index in [0.29, 0.717) is 32.3 Å². The summed E-state index contributed by atoms with van der Waals surface area (Å²) in [5, 5.41) is 4.14. The lowest BCUT2D eigenvalue weighted by Gasteiger charge is -2.33. The van der Waals surface area contributed by atoms with Crippen LogP contribution in [-0.2, 0) is 27.8 Å². The second-order valence-corrected chi connectivity index (χ2v) is 7.17. The summed E-state index contributed by atoms with van der Waals surface area (Å²) in [7, 11) is -3.29. The molecule has 0 saturated carbocycles. The van der Waals surface area contributed by atoms with Crippen LogP contribution >= 0.6 is 0 Å². The van der Waals surface area contributed by atoms with Crippen molar-refractivity contribution < 1.29 is 13.2 Å². The first-order chi connectivity index (χ1) is 8.93. The third kappa shape index (κ3) is 2.53. The quantitative estimate of drug-likeness (QED) is 0.759. The molecule has 0 spiro atoms. The lowest BCUT2D eigenvalue weighted by atomic mass is 10.1. The van der Waals surface area contributed by atoms with Crippen LogP contribution in [0.3, 0.4) is 0 Å². The molecule has 19 heavy (non-hydrogen) atoms. The van der Waals surface area contributed by atoms with Crippen LogP contribution < -0.4 is 5.73 Å². The smallest absolute Gasteiger partial charge is 0.250 e. The number of fused-ring (bicyclic) bond motifs is 1. The summed E-state index contributed by atoms with van der Waals surface area (Å²) >= 11 is 0. The Morgan fingerprint density at radius 1 is 1.42 bits per heavy atom. The molecule has 2 aliphatic heterocycles. The van der Waals surface area contributed by atoms with Gasteiger partial charge in [0, 0.05) is 36.9 Å². The molecule has 0 aliphatic carbocycles. The fourth-order valence-electron chi connectivity index (χ4n) is 2.68. The molecule has 1 fully saturated rings. The van der Waals surface area contributed by atoms with E-state index in [1.54, 1.807) is 6.20 Å². The molecule has 0 amide bonds. The molecule has 1 aromatic rings. The summed E-state index contributed by atoms with van der Waals surface area (Å²) in [6.45, 7) is 2.68. The monoisotopic (exact) mass is 286 g/mol. The SMILES string of the molecule is CS(=O)(=O)n1cc2c(n1)CN(C1COCC(N)C1)C2. The van der Waals surface area contributed by atoms with Crippen LogP contribution in [-0.4, -0.2) is 54.1 Å². The Hall–Kier alpha value is -0.960. The van der Waals surface area contributed by atoms with Crippen molar-refractivity contribution >= 4 is 10.0 Å². The molecule has 2 atom stereocenters. The van der Waals surface area contributed by atoms with Gasteiger partial charge in [-0.2, -0.15) is 9.19 Å². The van der Waals surface area contributed by atoms with E-state index >= 15 is 0 Å². The molecule has 7 nitrogen and oxygen atoms in total. The molecule has 8 heteroatoms. The summed E-state index contributed by atoms with van der Waals surface area (Å²) in [6, 6.07) is 0.382. The van der Waals surface area contributed by atoms with Gasteiger partial charge in [0.25, 0.3) is 10.0 Å². The predicted octanol–water partition coefficient (Wildman–Crippen LogP) is -0.877. The number of ether oxygens (including phenoxy) is 1. The van der Waals surface area contributed by atoms with Crippen molar-refractivity contribution in [2.75, 3.05) is 19.5 Å². The van der Waals surface area contributed by atoms with Gasteiger partial charge in [-0.25, -0.2) is 8.42 Å². The average molecular weight is 286 g/mol. The number of nitrogens with two attached hydrogens (primary N) is 1. The minimum absolute atomic E-state index is 0.0858. The number of hydrogen-bond donors (Lipinski definition) is 1. The Balaban J connectivity index is 1.73. The molecule has 3 rings (SSSR count). The molecule has 1 saturated heterocycles. The van der Waals surface area contributed by atoms with E-state index in [0.717, 1.165) is 28.0 Å². The Morgan fingerprint density at radius 2 is 2.21 bits per heavy atom. The molecule has 106 valence electrons. The Labute approximate surface area is 112 Å². The van der Waals surface area contributed by atoms with Gasteiger partial charge in [0.05, 0.1) is 25.2 Å². The molecule has 2 aliphatic rings. The molecule has 2 N–H and O–H groups in total. The maximum Gasteiger partial charge on any atom is 0.250 e. The number of aromatic nitrogens is 2. The van der Waals surface area contributed by atoms with Crippen molar-refractivity contribution in [3.63, 3.8) is 0 Å². The molecule has 0 radical (unpaired) electrons. The van der Waals surface area contributed by atoms with Gasteiger partial charge < -0.3 is 10.5 Å². The van der Waals surface area contributed by atoms with Crippen molar-refractivity contribution in [3.05, 3.63) is 17.5 Å². The standard InChI is InChI=1S/C11H18N4O3S/c1-19(16,17)15-4-8-3-14(5-11(8)13-15)10-2-9(12)6-18-7-10/h4,9-10H,2-3,5-7,12H2,1H3. The first-order valence-corrected chi connectivity index (χ1v) is 8.13. The summed E-state index contributed by atoms with van der Waals surface area (Å²) in [5.74, 6) is 0. The highest BCUT2D eigenvalue weighted by Crippen LogP contribution is 2.26. The largest absolute Gasteiger partial charge is 0.378 e. The summed E-state index contributed by atoms with van der Waals surface area (Å²) in [6.07, 6.45) is 3.67. The van der Waals surface area contributed by atoms with Crippen LogP contribution in [0.15, 0.2) is 6.20 Å². The number of hydrogen-bond acceptors (Lipinski definition) is 6. The van der Waals surface area contributed by atoms with Crippen LogP contribution in [0.5, 0.6) is 0 Å². The van der Waals surface area contributed by atoms with Gasteiger partial charge in [-0.1, -0.05) is 0 Å². The van der Waals surface area contributed by atoms with Crippen LogP contribution in [0.25, 0.3) is 0 Å². The van der Waals surface area contributed by atoms with Crippen LogP contribution in [0.4, 0.5) is 0 Å². The van der Waals surface area contributed by atoms with Gasteiger partial charge in [-0.3, -0.25) is 4.90 Å². The van der Waals surface area contributed by atoms with E-state index < -0.39 is 10.0 Å². The second kappa shape index (κ2) is 4.55.